The van der Waals surface area contributed by atoms with E-state index in [0.717, 1.165) is 66.3 Å². The van der Waals surface area contributed by atoms with E-state index < -0.39 is 5.60 Å². The normalized spacial score (nSPS) is 27.6. The molecular formula is C22H27N5O. The summed E-state index contributed by atoms with van der Waals surface area (Å²) in [5.41, 5.74) is 5.37. The summed E-state index contributed by atoms with van der Waals surface area (Å²) in [6.45, 7) is 8.87. The highest BCUT2D eigenvalue weighted by Crippen LogP contribution is 2.50. The predicted octanol–water partition coefficient (Wildman–Crippen LogP) is 2.78. The molecule has 1 saturated heterocycles. The molecule has 0 aromatic carbocycles. The molecule has 0 unspecified atom stereocenters. The van der Waals surface area contributed by atoms with E-state index in [-0.39, 0.29) is 5.92 Å². The molecule has 1 saturated carbocycles. The summed E-state index contributed by atoms with van der Waals surface area (Å²) >= 11 is 0. The Morgan fingerprint density at radius 2 is 2.11 bits per heavy atom. The van der Waals surface area contributed by atoms with Crippen LogP contribution in [-0.4, -0.2) is 42.7 Å². The summed E-state index contributed by atoms with van der Waals surface area (Å²) < 4.78 is 1.92. The molecule has 0 bridgehead atoms. The first-order valence-corrected chi connectivity index (χ1v) is 10.1. The van der Waals surface area contributed by atoms with Gasteiger partial charge >= 0.3 is 0 Å². The van der Waals surface area contributed by atoms with E-state index in [9.17, 15) is 5.11 Å². The van der Waals surface area contributed by atoms with Crippen molar-refractivity contribution in [3.63, 3.8) is 0 Å². The first-order chi connectivity index (χ1) is 13.5. The number of rotatable bonds is 3. The van der Waals surface area contributed by atoms with Crippen molar-refractivity contribution in [1.29, 1.82) is 0 Å². The van der Waals surface area contributed by atoms with Gasteiger partial charge in [-0.25, -0.2) is 9.50 Å². The molecular weight excluding hydrogens is 350 g/mol. The van der Waals surface area contributed by atoms with Crippen molar-refractivity contribution in [3.8, 4) is 0 Å². The van der Waals surface area contributed by atoms with E-state index in [2.05, 4.69) is 41.0 Å². The van der Waals surface area contributed by atoms with Crippen LogP contribution in [0.3, 0.4) is 0 Å². The van der Waals surface area contributed by atoms with Gasteiger partial charge in [-0.1, -0.05) is 6.07 Å². The van der Waals surface area contributed by atoms with Crippen LogP contribution in [0.5, 0.6) is 0 Å². The minimum atomic E-state index is -0.808. The van der Waals surface area contributed by atoms with E-state index in [0.29, 0.717) is 5.92 Å². The fraction of sp³-hybridized carbons (Fsp3) is 0.500. The molecule has 0 amide bonds. The van der Waals surface area contributed by atoms with Gasteiger partial charge in [-0.2, -0.15) is 5.10 Å². The first kappa shape index (κ1) is 17.8. The maximum atomic E-state index is 11.6. The Balaban J connectivity index is 1.40. The standard InChI is InChI=1S/C22H27N5O/c1-14-5-4-8-23-20(14)22(28)7-6-17-11-26(13-19(17)22)12-18-10-24-27-16(3)9-15(2)25-21(18)27/h4-5,8-10,17,19,28H,6-7,11-13H2,1-3H3/t17-,19+,22-/m0/s1. The van der Waals surface area contributed by atoms with E-state index in [4.69, 9.17) is 4.98 Å². The molecule has 1 N–H and O–H groups in total. The summed E-state index contributed by atoms with van der Waals surface area (Å²) in [7, 11) is 0. The van der Waals surface area contributed by atoms with Crippen molar-refractivity contribution >= 4 is 5.65 Å². The highest BCUT2D eigenvalue weighted by molar-refractivity contribution is 5.48. The molecule has 2 aliphatic rings. The molecule has 4 heterocycles. The Bertz CT molecular complexity index is 1040. The molecule has 3 aromatic heterocycles. The Labute approximate surface area is 165 Å². The maximum Gasteiger partial charge on any atom is 0.159 e. The SMILES string of the molecule is Cc1cc(C)n2ncc(CN3C[C@@H]4CC[C@@](O)(c5ncccc5C)[C@@H]4C3)c2n1. The van der Waals surface area contributed by atoms with Crippen LogP contribution in [0.25, 0.3) is 5.65 Å². The lowest BCUT2D eigenvalue weighted by Crippen LogP contribution is -2.36. The van der Waals surface area contributed by atoms with Gasteiger partial charge in [-0.05, 0) is 57.2 Å². The molecule has 1 aliphatic heterocycles. The third kappa shape index (κ3) is 2.66. The average molecular weight is 377 g/mol. The van der Waals surface area contributed by atoms with Crippen LogP contribution in [-0.2, 0) is 12.1 Å². The lowest BCUT2D eigenvalue weighted by Gasteiger charge is -2.31. The number of hydrogen-bond donors (Lipinski definition) is 1. The molecule has 0 radical (unpaired) electrons. The van der Waals surface area contributed by atoms with Crippen LogP contribution >= 0.6 is 0 Å². The molecule has 6 heteroatoms. The number of fused-ring (bicyclic) bond motifs is 2. The zero-order valence-electron chi connectivity index (χ0n) is 16.8. The minimum absolute atomic E-state index is 0.236. The Kier molecular flexibility index (Phi) is 4.03. The summed E-state index contributed by atoms with van der Waals surface area (Å²) in [5, 5.41) is 16.1. The zero-order chi connectivity index (χ0) is 19.5. The molecule has 2 fully saturated rings. The molecule has 146 valence electrons. The zero-order valence-corrected chi connectivity index (χ0v) is 16.8. The molecule has 3 atom stereocenters. The van der Waals surface area contributed by atoms with Crippen molar-refractivity contribution in [2.75, 3.05) is 13.1 Å². The van der Waals surface area contributed by atoms with E-state index in [1.165, 1.54) is 0 Å². The average Bonchev–Trinajstić information content (AvgIpc) is 3.32. The van der Waals surface area contributed by atoms with Crippen LogP contribution in [0.1, 0.15) is 41.1 Å². The predicted molar refractivity (Wildman–Crippen MR) is 107 cm³/mol. The van der Waals surface area contributed by atoms with Gasteiger partial charge in [0.1, 0.15) is 5.60 Å². The third-order valence-electron chi connectivity index (χ3n) is 6.69. The van der Waals surface area contributed by atoms with Gasteiger partial charge in [0.05, 0.1) is 11.9 Å². The van der Waals surface area contributed by atoms with Crippen LogP contribution in [0, 0.1) is 32.6 Å². The van der Waals surface area contributed by atoms with Crippen LogP contribution < -0.4 is 0 Å². The quantitative estimate of drug-likeness (QED) is 0.760. The van der Waals surface area contributed by atoms with Gasteiger partial charge in [0, 0.05) is 48.7 Å². The van der Waals surface area contributed by atoms with Crippen LogP contribution in [0.2, 0.25) is 0 Å². The second-order valence-electron chi connectivity index (χ2n) is 8.64. The van der Waals surface area contributed by atoms with Crippen LogP contribution in [0.4, 0.5) is 0 Å². The van der Waals surface area contributed by atoms with Crippen molar-refractivity contribution < 1.29 is 5.11 Å². The lowest BCUT2D eigenvalue weighted by atomic mass is 9.83. The Morgan fingerprint density at radius 1 is 1.25 bits per heavy atom. The molecule has 28 heavy (non-hydrogen) atoms. The number of pyridine rings is 1. The smallest absolute Gasteiger partial charge is 0.159 e. The van der Waals surface area contributed by atoms with Gasteiger partial charge in [-0.3, -0.25) is 9.88 Å². The second-order valence-corrected chi connectivity index (χ2v) is 8.64. The van der Waals surface area contributed by atoms with Gasteiger partial charge in [-0.15, -0.1) is 0 Å². The van der Waals surface area contributed by atoms with E-state index in [1.807, 2.05) is 23.7 Å². The lowest BCUT2D eigenvalue weighted by molar-refractivity contribution is -0.0114. The molecule has 5 rings (SSSR count). The Morgan fingerprint density at radius 3 is 2.93 bits per heavy atom. The van der Waals surface area contributed by atoms with Gasteiger partial charge in [0.2, 0.25) is 0 Å². The maximum absolute atomic E-state index is 11.6. The monoisotopic (exact) mass is 377 g/mol. The first-order valence-electron chi connectivity index (χ1n) is 10.1. The summed E-state index contributed by atoms with van der Waals surface area (Å²) in [6, 6.07) is 6.05. The topological polar surface area (TPSA) is 66.5 Å². The van der Waals surface area contributed by atoms with E-state index in [1.54, 1.807) is 6.20 Å². The van der Waals surface area contributed by atoms with Crippen molar-refractivity contribution in [2.45, 2.75) is 45.8 Å². The number of nitrogens with zero attached hydrogens (tertiary/aromatic N) is 5. The molecule has 6 nitrogen and oxygen atoms in total. The van der Waals surface area contributed by atoms with Gasteiger partial charge in [0.25, 0.3) is 0 Å². The van der Waals surface area contributed by atoms with Gasteiger partial charge in [0.15, 0.2) is 5.65 Å². The number of aliphatic hydroxyl groups is 1. The highest BCUT2D eigenvalue weighted by atomic mass is 16.3. The highest BCUT2D eigenvalue weighted by Gasteiger charge is 2.53. The minimum Gasteiger partial charge on any atom is -0.383 e. The number of aromatic nitrogens is 4. The Hall–Kier alpha value is -2.31. The van der Waals surface area contributed by atoms with Crippen molar-refractivity contribution in [2.24, 2.45) is 11.8 Å². The summed E-state index contributed by atoms with van der Waals surface area (Å²) in [6.07, 6.45) is 5.61. The largest absolute Gasteiger partial charge is 0.383 e. The molecule has 0 spiro atoms. The fourth-order valence-electron chi connectivity index (χ4n) is 5.42. The van der Waals surface area contributed by atoms with Crippen molar-refractivity contribution in [3.05, 3.63) is 58.8 Å². The summed E-state index contributed by atoms with van der Waals surface area (Å²) in [5.74, 6) is 0.754. The van der Waals surface area contributed by atoms with Gasteiger partial charge < -0.3 is 5.11 Å². The number of likely N-dealkylation sites (tertiary alicyclic amines) is 1. The van der Waals surface area contributed by atoms with Crippen molar-refractivity contribution in [1.82, 2.24) is 24.5 Å². The molecule has 3 aromatic rings. The molecule has 1 aliphatic carbocycles. The number of hydrogen-bond acceptors (Lipinski definition) is 5. The van der Waals surface area contributed by atoms with E-state index >= 15 is 0 Å². The summed E-state index contributed by atoms with van der Waals surface area (Å²) in [4.78, 5) is 11.7. The second kappa shape index (κ2) is 6.36. The van der Waals surface area contributed by atoms with Crippen LogP contribution in [0.15, 0.2) is 30.6 Å². The number of aryl methyl sites for hydroxylation is 3. The third-order valence-corrected chi connectivity index (χ3v) is 6.69. The fourth-order valence-corrected chi connectivity index (χ4v) is 5.42.